The lowest BCUT2D eigenvalue weighted by atomic mass is 9.85. The summed E-state index contributed by atoms with van der Waals surface area (Å²) in [5.41, 5.74) is 7.00. The molecule has 0 saturated carbocycles. The molecule has 136 valence electrons. The van der Waals surface area contributed by atoms with Gasteiger partial charge in [-0.1, -0.05) is 35.5 Å². The topological polar surface area (TPSA) is 83.1 Å². The van der Waals surface area contributed by atoms with E-state index in [0.717, 1.165) is 44.5 Å². The maximum absolute atomic E-state index is 11.6. The van der Waals surface area contributed by atoms with Gasteiger partial charge in [0.15, 0.2) is 5.71 Å². The molecule has 6 nitrogen and oxygen atoms in total. The van der Waals surface area contributed by atoms with Gasteiger partial charge in [0.1, 0.15) is 6.10 Å². The van der Waals surface area contributed by atoms with Crippen molar-refractivity contribution in [3.05, 3.63) is 35.9 Å². The van der Waals surface area contributed by atoms with E-state index in [4.69, 9.17) is 20.0 Å². The fourth-order valence-corrected chi connectivity index (χ4v) is 3.47. The lowest BCUT2D eigenvalue weighted by Gasteiger charge is -2.20. The Bertz CT molecular complexity index is 584. The Kier molecular flexibility index (Phi) is 6.42. The molecule has 0 bridgehead atoms. The first-order valence-corrected chi connectivity index (χ1v) is 8.97. The number of hydrogen-bond donors (Lipinski definition) is 1. The molecule has 1 amide bonds. The van der Waals surface area contributed by atoms with Crippen molar-refractivity contribution < 1.29 is 19.1 Å². The number of benzene rings is 1. The summed E-state index contributed by atoms with van der Waals surface area (Å²) in [6, 6.07) is 10.1. The number of oxime groups is 1. The van der Waals surface area contributed by atoms with E-state index >= 15 is 0 Å². The van der Waals surface area contributed by atoms with Crippen LogP contribution in [0.15, 0.2) is 35.5 Å². The highest BCUT2D eigenvalue weighted by molar-refractivity contribution is 6.39. The first-order chi connectivity index (χ1) is 12.2. The Morgan fingerprint density at radius 1 is 1.32 bits per heavy atom. The number of nitrogens with zero attached hydrogens (tertiary/aromatic N) is 1. The van der Waals surface area contributed by atoms with E-state index in [-0.39, 0.29) is 12.0 Å². The summed E-state index contributed by atoms with van der Waals surface area (Å²) in [7, 11) is 0. The summed E-state index contributed by atoms with van der Waals surface area (Å²) >= 11 is 0. The van der Waals surface area contributed by atoms with Crippen LogP contribution in [0.5, 0.6) is 0 Å². The smallest absolute Gasteiger partial charge is 0.266 e. The Morgan fingerprint density at radius 3 is 2.88 bits per heavy atom. The van der Waals surface area contributed by atoms with Gasteiger partial charge in [-0.25, -0.2) is 0 Å². The maximum atomic E-state index is 11.6. The zero-order chi connectivity index (χ0) is 17.5. The van der Waals surface area contributed by atoms with Crippen molar-refractivity contribution in [2.45, 2.75) is 38.4 Å². The summed E-state index contributed by atoms with van der Waals surface area (Å²) in [5, 5.41) is 3.95. The van der Waals surface area contributed by atoms with Crippen molar-refractivity contribution in [2.24, 2.45) is 22.7 Å². The third kappa shape index (κ3) is 5.03. The SMILES string of the molecule is NC(=O)C1=NOC(CCCOCc2ccccc2)C1CC1CCOC1. The number of carbonyl (C=O) groups is 1. The normalized spacial score (nSPS) is 25.6. The number of nitrogens with two attached hydrogens (primary N) is 1. The Balaban J connectivity index is 1.43. The second-order valence-corrected chi connectivity index (χ2v) is 6.74. The first kappa shape index (κ1) is 17.9. The molecule has 2 heterocycles. The Morgan fingerprint density at radius 2 is 2.16 bits per heavy atom. The largest absolute Gasteiger partial charge is 0.391 e. The van der Waals surface area contributed by atoms with Crippen molar-refractivity contribution in [3.8, 4) is 0 Å². The molecule has 0 aliphatic carbocycles. The fourth-order valence-electron chi connectivity index (χ4n) is 3.47. The van der Waals surface area contributed by atoms with Crippen LogP contribution in [0.25, 0.3) is 0 Å². The molecular formula is C19H26N2O4. The molecule has 25 heavy (non-hydrogen) atoms. The number of rotatable bonds is 9. The van der Waals surface area contributed by atoms with E-state index in [9.17, 15) is 4.79 Å². The average molecular weight is 346 g/mol. The number of carbonyl (C=O) groups excluding carboxylic acids is 1. The quantitative estimate of drug-likeness (QED) is 0.695. The van der Waals surface area contributed by atoms with Crippen LogP contribution < -0.4 is 5.73 Å². The zero-order valence-corrected chi connectivity index (χ0v) is 14.4. The number of ether oxygens (including phenoxy) is 2. The van der Waals surface area contributed by atoms with Gasteiger partial charge in [-0.2, -0.15) is 0 Å². The number of primary amides is 1. The molecule has 0 spiro atoms. The lowest BCUT2D eigenvalue weighted by Crippen LogP contribution is -2.34. The maximum Gasteiger partial charge on any atom is 0.266 e. The molecule has 1 saturated heterocycles. The molecule has 3 atom stereocenters. The molecule has 3 rings (SSSR count). The molecular weight excluding hydrogens is 320 g/mol. The van der Waals surface area contributed by atoms with Crippen molar-refractivity contribution in [1.82, 2.24) is 0 Å². The Hall–Kier alpha value is -1.92. The minimum Gasteiger partial charge on any atom is -0.391 e. The number of hydrogen-bond acceptors (Lipinski definition) is 5. The highest BCUT2D eigenvalue weighted by Gasteiger charge is 2.38. The minimum atomic E-state index is -0.480. The van der Waals surface area contributed by atoms with E-state index < -0.39 is 5.91 Å². The molecule has 2 N–H and O–H groups in total. The lowest BCUT2D eigenvalue weighted by molar-refractivity contribution is -0.112. The second-order valence-electron chi connectivity index (χ2n) is 6.74. The summed E-state index contributed by atoms with van der Waals surface area (Å²) in [6.07, 6.45) is 3.43. The van der Waals surface area contributed by atoms with Crippen LogP contribution in [0.1, 0.15) is 31.2 Å². The van der Waals surface area contributed by atoms with E-state index in [1.165, 1.54) is 0 Å². The fraction of sp³-hybridized carbons (Fsp3) is 0.579. The molecule has 2 aliphatic rings. The predicted octanol–water partition coefficient (Wildman–Crippen LogP) is 2.27. The van der Waals surface area contributed by atoms with E-state index in [0.29, 0.717) is 24.8 Å². The van der Waals surface area contributed by atoms with Gasteiger partial charge in [-0.15, -0.1) is 0 Å². The van der Waals surface area contributed by atoms with Crippen molar-refractivity contribution in [2.75, 3.05) is 19.8 Å². The zero-order valence-electron chi connectivity index (χ0n) is 14.4. The summed E-state index contributed by atoms with van der Waals surface area (Å²) < 4.78 is 11.2. The highest BCUT2D eigenvalue weighted by Crippen LogP contribution is 2.31. The van der Waals surface area contributed by atoms with Gasteiger partial charge in [-0.05, 0) is 37.2 Å². The third-order valence-electron chi connectivity index (χ3n) is 4.84. The third-order valence-corrected chi connectivity index (χ3v) is 4.84. The van der Waals surface area contributed by atoms with Crippen LogP contribution in [0.4, 0.5) is 0 Å². The second kappa shape index (κ2) is 8.97. The van der Waals surface area contributed by atoms with Crippen molar-refractivity contribution in [3.63, 3.8) is 0 Å². The average Bonchev–Trinajstić information content (AvgIpc) is 3.26. The molecule has 1 aromatic rings. The molecule has 3 unspecified atom stereocenters. The van der Waals surface area contributed by atoms with Gasteiger partial charge in [-0.3, -0.25) is 4.79 Å². The molecule has 1 aromatic carbocycles. The predicted molar refractivity (Wildman–Crippen MR) is 93.9 cm³/mol. The van der Waals surface area contributed by atoms with Gasteiger partial charge >= 0.3 is 0 Å². The van der Waals surface area contributed by atoms with Crippen LogP contribution in [0.3, 0.4) is 0 Å². The Labute approximate surface area is 148 Å². The molecule has 0 radical (unpaired) electrons. The monoisotopic (exact) mass is 346 g/mol. The van der Waals surface area contributed by atoms with E-state index in [1.54, 1.807) is 0 Å². The van der Waals surface area contributed by atoms with Gasteiger partial charge in [0.2, 0.25) is 0 Å². The molecule has 6 heteroatoms. The van der Waals surface area contributed by atoms with Crippen molar-refractivity contribution in [1.29, 1.82) is 0 Å². The number of amides is 1. The van der Waals surface area contributed by atoms with Crippen LogP contribution in [-0.4, -0.2) is 37.5 Å². The molecule has 1 fully saturated rings. The van der Waals surface area contributed by atoms with Gasteiger partial charge in [0, 0.05) is 19.8 Å². The summed E-state index contributed by atoms with van der Waals surface area (Å²) in [6.45, 7) is 2.80. The summed E-state index contributed by atoms with van der Waals surface area (Å²) in [4.78, 5) is 17.1. The van der Waals surface area contributed by atoms with E-state index in [2.05, 4.69) is 5.16 Å². The first-order valence-electron chi connectivity index (χ1n) is 8.97. The van der Waals surface area contributed by atoms with Crippen LogP contribution in [0, 0.1) is 11.8 Å². The standard InChI is InChI=1S/C19H26N2O4/c20-19(22)18-16(11-15-8-10-24-13-15)17(25-21-18)7-4-9-23-12-14-5-2-1-3-6-14/h1-3,5-6,15-17H,4,7-13H2,(H2,20,22). The van der Waals surface area contributed by atoms with Crippen LogP contribution in [-0.2, 0) is 25.7 Å². The molecule has 0 aromatic heterocycles. The van der Waals surface area contributed by atoms with Gasteiger partial charge in [0.25, 0.3) is 5.91 Å². The van der Waals surface area contributed by atoms with Crippen molar-refractivity contribution >= 4 is 11.6 Å². The van der Waals surface area contributed by atoms with Crippen LogP contribution in [0.2, 0.25) is 0 Å². The van der Waals surface area contributed by atoms with Gasteiger partial charge < -0.3 is 20.0 Å². The minimum absolute atomic E-state index is 0.0293. The van der Waals surface area contributed by atoms with Gasteiger partial charge in [0.05, 0.1) is 12.5 Å². The highest BCUT2D eigenvalue weighted by atomic mass is 16.6. The van der Waals surface area contributed by atoms with E-state index in [1.807, 2.05) is 30.3 Å². The van der Waals surface area contributed by atoms with Crippen LogP contribution >= 0.6 is 0 Å². The summed E-state index contributed by atoms with van der Waals surface area (Å²) in [5.74, 6) is -0.0573. The molecule has 2 aliphatic heterocycles.